The van der Waals surface area contributed by atoms with Crippen LogP contribution in [0, 0.1) is 0 Å². The Morgan fingerprint density at radius 1 is 1.43 bits per heavy atom. The Bertz CT molecular complexity index is 677. The molecule has 2 N–H and O–H groups in total. The molecule has 1 atom stereocenters. The van der Waals surface area contributed by atoms with Crippen LogP contribution in [0.15, 0.2) is 29.1 Å². The number of nitrogens with one attached hydrogen (secondary N) is 1. The molecule has 1 fully saturated rings. The molecule has 1 aromatic heterocycles. The predicted molar refractivity (Wildman–Crippen MR) is 80.6 cm³/mol. The van der Waals surface area contributed by atoms with Crippen molar-refractivity contribution in [3.63, 3.8) is 0 Å². The van der Waals surface area contributed by atoms with Crippen molar-refractivity contribution < 1.29 is 9.84 Å². The van der Waals surface area contributed by atoms with Crippen molar-refractivity contribution >= 4 is 16.9 Å². The number of fused-ring (bicyclic) bond motifs is 1. The van der Waals surface area contributed by atoms with Crippen molar-refractivity contribution in [2.45, 2.75) is 25.5 Å². The molecule has 2 heterocycles. The normalized spacial score (nSPS) is 18.2. The Hall–Kier alpha value is -1.92. The van der Waals surface area contributed by atoms with Crippen molar-refractivity contribution in [1.82, 2.24) is 9.55 Å². The van der Waals surface area contributed by atoms with Crippen molar-refractivity contribution in [3.05, 3.63) is 34.6 Å². The summed E-state index contributed by atoms with van der Waals surface area (Å²) in [6.45, 7) is 1.59. The molecule has 1 saturated heterocycles. The first-order valence-corrected chi connectivity index (χ1v) is 7.25. The fourth-order valence-electron chi connectivity index (χ4n) is 2.63. The van der Waals surface area contributed by atoms with Gasteiger partial charge in [-0.2, -0.15) is 0 Å². The molecule has 2 aromatic rings. The standard InChI is InChI=1S/C15H19N3O3/c19-8-7-16-15-17-13-6-2-1-5-12(13)14(20)18(15)10-11-4-3-9-21-11/h1-2,5-6,11,19H,3-4,7-10H2,(H,16,17)/t11-/m0/s1. The third kappa shape index (κ3) is 2.91. The van der Waals surface area contributed by atoms with Gasteiger partial charge in [0.15, 0.2) is 0 Å². The molecule has 0 bridgehead atoms. The van der Waals surface area contributed by atoms with Gasteiger partial charge in [-0.05, 0) is 25.0 Å². The van der Waals surface area contributed by atoms with Crippen LogP contribution in [0.25, 0.3) is 10.9 Å². The highest BCUT2D eigenvalue weighted by molar-refractivity contribution is 5.78. The molecule has 6 heteroatoms. The molecule has 112 valence electrons. The van der Waals surface area contributed by atoms with Gasteiger partial charge in [-0.25, -0.2) is 4.98 Å². The van der Waals surface area contributed by atoms with E-state index in [1.165, 1.54) is 0 Å². The summed E-state index contributed by atoms with van der Waals surface area (Å²) in [4.78, 5) is 17.2. The van der Waals surface area contributed by atoms with Crippen LogP contribution < -0.4 is 10.9 Å². The van der Waals surface area contributed by atoms with Crippen LogP contribution in [0.1, 0.15) is 12.8 Å². The third-order valence-electron chi connectivity index (χ3n) is 3.67. The molecule has 1 aromatic carbocycles. The number of nitrogens with zero attached hydrogens (tertiary/aromatic N) is 2. The van der Waals surface area contributed by atoms with E-state index in [4.69, 9.17) is 9.84 Å². The Morgan fingerprint density at radius 3 is 3.05 bits per heavy atom. The summed E-state index contributed by atoms with van der Waals surface area (Å²) in [7, 11) is 0. The molecule has 21 heavy (non-hydrogen) atoms. The quantitative estimate of drug-likeness (QED) is 0.858. The van der Waals surface area contributed by atoms with E-state index < -0.39 is 0 Å². The summed E-state index contributed by atoms with van der Waals surface area (Å²) < 4.78 is 7.24. The molecular formula is C15H19N3O3. The molecule has 0 saturated carbocycles. The van der Waals surface area contributed by atoms with E-state index in [0.29, 0.717) is 29.9 Å². The smallest absolute Gasteiger partial charge is 0.262 e. The van der Waals surface area contributed by atoms with E-state index >= 15 is 0 Å². The van der Waals surface area contributed by atoms with E-state index in [9.17, 15) is 4.79 Å². The van der Waals surface area contributed by atoms with Crippen molar-refractivity contribution in [3.8, 4) is 0 Å². The summed E-state index contributed by atoms with van der Waals surface area (Å²) >= 11 is 0. The predicted octanol–water partition coefficient (Wildman–Crippen LogP) is 0.980. The van der Waals surface area contributed by atoms with E-state index in [-0.39, 0.29) is 18.3 Å². The highest BCUT2D eigenvalue weighted by Gasteiger charge is 2.19. The summed E-state index contributed by atoms with van der Waals surface area (Å²) in [5.74, 6) is 0.489. The molecule has 0 spiro atoms. The van der Waals surface area contributed by atoms with E-state index in [1.807, 2.05) is 18.2 Å². The maximum Gasteiger partial charge on any atom is 0.262 e. The number of para-hydroxylation sites is 1. The lowest BCUT2D eigenvalue weighted by atomic mass is 10.2. The highest BCUT2D eigenvalue weighted by Crippen LogP contribution is 2.17. The van der Waals surface area contributed by atoms with Crippen molar-refractivity contribution in [2.24, 2.45) is 0 Å². The van der Waals surface area contributed by atoms with E-state index in [0.717, 1.165) is 19.4 Å². The van der Waals surface area contributed by atoms with Gasteiger partial charge in [0.1, 0.15) is 0 Å². The Morgan fingerprint density at radius 2 is 2.29 bits per heavy atom. The van der Waals surface area contributed by atoms with Crippen LogP contribution in [-0.2, 0) is 11.3 Å². The monoisotopic (exact) mass is 289 g/mol. The van der Waals surface area contributed by atoms with Crippen LogP contribution in [0.5, 0.6) is 0 Å². The fourth-order valence-corrected chi connectivity index (χ4v) is 2.63. The molecular weight excluding hydrogens is 270 g/mol. The van der Waals surface area contributed by atoms with E-state index in [1.54, 1.807) is 10.6 Å². The third-order valence-corrected chi connectivity index (χ3v) is 3.67. The van der Waals surface area contributed by atoms with Crippen LogP contribution in [-0.4, -0.2) is 40.5 Å². The molecule has 1 aliphatic rings. The second-order valence-corrected chi connectivity index (χ2v) is 5.15. The largest absolute Gasteiger partial charge is 0.395 e. The summed E-state index contributed by atoms with van der Waals surface area (Å²) in [5.41, 5.74) is 0.586. The van der Waals surface area contributed by atoms with Gasteiger partial charge in [0.2, 0.25) is 5.95 Å². The van der Waals surface area contributed by atoms with Crippen LogP contribution in [0.4, 0.5) is 5.95 Å². The summed E-state index contributed by atoms with van der Waals surface area (Å²) in [6, 6.07) is 7.29. The zero-order valence-electron chi connectivity index (χ0n) is 11.8. The van der Waals surface area contributed by atoms with Gasteiger partial charge < -0.3 is 15.2 Å². The maximum absolute atomic E-state index is 12.7. The molecule has 6 nitrogen and oxygen atoms in total. The van der Waals surface area contributed by atoms with Gasteiger partial charge in [0.05, 0.1) is 30.2 Å². The lowest BCUT2D eigenvalue weighted by Crippen LogP contribution is -2.30. The molecule has 0 radical (unpaired) electrons. The summed E-state index contributed by atoms with van der Waals surface area (Å²) in [6.07, 6.45) is 2.04. The Balaban J connectivity index is 2.04. The highest BCUT2D eigenvalue weighted by atomic mass is 16.5. The van der Waals surface area contributed by atoms with Gasteiger partial charge in [-0.3, -0.25) is 9.36 Å². The molecule has 0 aliphatic carbocycles. The minimum Gasteiger partial charge on any atom is -0.395 e. The number of ether oxygens (including phenoxy) is 1. The second-order valence-electron chi connectivity index (χ2n) is 5.15. The molecule has 0 amide bonds. The first-order chi connectivity index (χ1) is 10.3. The number of rotatable bonds is 5. The molecule has 0 unspecified atom stereocenters. The minimum absolute atomic E-state index is 0.0113. The van der Waals surface area contributed by atoms with Crippen LogP contribution in [0.2, 0.25) is 0 Å². The van der Waals surface area contributed by atoms with Gasteiger partial charge in [-0.1, -0.05) is 12.1 Å². The van der Waals surface area contributed by atoms with Gasteiger partial charge in [0, 0.05) is 13.2 Å². The maximum atomic E-state index is 12.7. The number of aliphatic hydroxyl groups is 1. The number of hydrogen-bond acceptors (Lipinski definition) is 5. The lowest BCUT2D eigenvalue weighted by molar-refractivity contribution is 0.0965. The lowest BCUT2D eigenvalue weighted by Gasteiger charge is -2.17. The number of benzene rings is 1. The van der Waals surface area contributed by atoms with Gasteiger partial charge in [0.25, 0.3) is 5.56 Å². The first kappa shape index (κ1) is 14.0. The zero-order valence-corrected chi connectivity index (χ0v) is 11.8. The Kier molecular flexibility index (Phi) is 4.17. The zero-order chi connectivity index (χ0) is 14.7. The van der Waals surface area contributed by atoms with E-state index in [2.05, 4.69) is 10.3 Å². The average molecular weight is 289 g/mol. The van der Waals surface area contributed by atoms with Crippen molar-refractivity contribution in [2.75, 3.05) is 25.1 Å². The topological polar surface area (TPSA) is 76.4 Å². The van der Waals surface area contributed by atoms with Crippen molar-refractivity contribution in [1.29, 1.82) is 0 Å². The average Bonchev–Trinajstić information content (AvgIpc) is 3.01. The molecule has 1 aliphatic heterocycles. The van der Waals surface area contributed by atoms with Gasteiger partial charge >= 0.3 is 0 Å². The minimum atomic E-state index is -0.0726. The SMILES string of the molecule is O=c1c2ccccc2nc(NCCO)n1C[C@@H]1CCCO1. The first-order valence-electron chi connectivity index (χ1n) is 7.25. The van der Waals surface area contributed by atoms with Crippen LogP contribution in [0.3, 0.4) is 0 Å². The molecule has 3 rings (SSSR count). The van der Waals surface area contributed by atoms with Crippen LogP contribution >= 0.6 is 0 Å². The van der Waals surface area contributed by atoms with Gasteiger partial charge in [-0.15, -0.1) is 0 Å². The number of hydrogen-bond donors (Lipinski definition) is 2. The number of anilines is 1. The number of aromatic nitrogens is 2. The fraction of sp³-hybridized carbons (Fsp3) is 0.467. The Labute approximate surface area is 122 Å². The second kappa shape index (κ2) is 6.24. The number of aliphatic hydroxyl groups excluding tert-OH is 1. The summed E-state index contributed by atoms with van der Waals surface area (Å²) in [5, 5.41) is 12.6.